The van der Waals surface area contributed by atoms with E-state index in [1.54, 1.807) is 0 Å². The fourth-order valence-corrected chi connectivity index (χ4v) is 3.21. The topological polar surface area (TPSA) is 72.7 Å². The third kappa shape index (κ3) is 3.84. The number of amides is 1. The second-order valence-corrected chi connectivity index (χ2v) is 7.22. The zero-order chi connectivity index (χ0) is 18.8. The Balaban J connectivity index is 1.98. The van der Waals surface area contributed by atoms with E-state index in [1.807, 2.05) is 42.7 Å². The van der Waals surface area contributed by atoms with Crippen LogP contribution >= 0.6 is 37.9 Å². The van der Waals surface area contributed by atoms with Crippen molar-refractivity contribution in [2.24, 2.45) is 0 Å². The van der Waals surface area contributed by atoms with Crippen LogP contribution in [-0.2, 0) is 11.3 Å². The van der Waals surface area contributed by atoms with E-state index in [4.69, 9.17) is 0 Å². The molecule has 1 aromatic rings. The zero-order valence-electron chi connectivity index (χ0n) is 14.3. The van der Waals surface area contributed by atoms with Crippen LogP contribution in [0.2, 0.25) is 0 Å². The van der Waals surface area contributed by atoms with Crippen molar-refractivity contribution in [2.75, 3.05) is 5.75 Å². The summed E-state index contributed by atoms with van der Waals surface area (Å²) in [7, 11) is 0. The van der Waals surface area contributed by atoms with Crippen LogP contribution in [0.1, 0.15) is 31.2 Å². The van der Waals surface area contributed by atoms with Gasteiger partial charge in [-0.1, -0.05) is 26.0 Å². The molecule has 0 unspecified atom stereocenters. The molecule has 0 radical (unpaired) electrons. The molecule has 1 aromatic carbocycles. The van der Waals surface area contributed by atoms with Crippen molar-refractivity contribution in [2.45, 2.75) is 36.5 Å². The van der Waals surface area contributed by atoms with Gasteiger partial charge in [-0.25, -0.2) is 15.0 Å². The van der Waals surface area contributed by atoms with Crippen molar-refractivity contribution in [1.82, 2.24) is 24.8 Å². The molecule has 9 heteroatoms. The van der Waals surface area contributed by atoms with Gasteiger partial charge in [0.2, 0.25) is 5.91 Å². The van der Waals surface area contributed by atoms with Crippen molar-refractivity contribution in [3.05, 3.63) is 35.7 Å². The number of nitrogens with zero attached hydrogens (tertiary/aromatic N) is 4. The molecule has 136 valence electrons. The molecule has 3 rings (SSSR count). The molecule has 2 heterocycles. The molecule has 0 spiro atoms. The van der Waals surface area contributed by atoms with Gasteiger partial charge >= 0.3 is 0 Å². The first-order valence-corrected chi connectivity index (χ1v) is 9.58. The molecule has 1 N–H and O–H groups in total. The molecule has 2 aliphatic rings. The molecule has 1 amide bonds. The molecule has 0 bridgehead atoms. The minimum atomic E-state index is -0.104. The summed E-state index contributed by atoms with van der Waals surface area (Å²) < 4.78 is 1.84. The van der Waals surface area contributed by atoms with Gasteiger partial charge in [0.25, 0.3) is 0 Å². The van der Waals surface area contributed by atoms with Gasteiger partial charge in [-0.05, 0) is 17.7 Å². The number of aromatic nitrogens is 4. The number of nitrogens with one attached hydrogen (secondary N) is 1. The maximum absolute atomic E-state index is 11.3. The summed E-state index contributed by atoms with van der Waals surface area (Å²) >= 11 is 12.9. The quantitative estimate of drug-likeness (QED) is 0.299. The van der Waals surface area contributed by atoms with Gasteiger partial charge in [0.05, 0.1) is 5.75 Å². The van der Waals surface area contributed by atoms with E-state index in [0.717, 1.165) is 17.1 Å². The molecule has 0 saturated carbocycles. The minimum Gasteiger partial charge on any atom is -0.351 e. The van der Waals surface area contributed by atoms with E-state index in [2.05, 4.69) is 58.2 Å². The van der Waals surface area contributed by atoms with Crippen LogP contribution in [0, 0.1) is 0 Å². The fraction of sp³-hybridized carbons (Fsp3) is 0.294. The first kappa shape index (κ1) is 19.1. The number of imidazole rings is 1. The molecule has 26 heavy (non-hydrogen) atoms. The van der Waals surface area contributed by atoms with E-state index < -0.39 is 0 Å². The van der Waals surface area contributed by atoms with Crippen LogP contribution in [-0.4, -0.2) is 31.2 Å². The van der Waals surface area contributed by atoms with Crippen LogP contribution in [0.15, 0.2) is 34.4 Å². The fourth-order valence-electron chi connectivity index (χ4n) is 2.46. The Kier molecular flexibility index (Phi) is 5.79. The molecule has 0 saturated heterocycles. The van der Waals surface area contributed by atoms with Gasteiger partial charge in [0.1, 0.15) is 16.5 Å². The Labute approximate surface area is 168 Å². The molecule has 0 fully saturated rings. The molecule has 0 aliphatic carbocycles. The van der Waals surface area contributed by atoms with Gasteiger partial charge in [-0.3, -0.25) is 9.36 Å². The van der Waals surface area contributed by atoms with E-state index in [-0.39, 0.29) is 17.6 Å². The number of hydrogen-bond acceptors (Lipinski definition) is 7. The lowest BCUT2D eigenvalue weighted by Gasteiger charge is -2.15. The summed E-state index contributed by atoms with van der Waals surface area (Å²) in [5, 5.41) is 3.78. The Bertz CT molecular complexity index is 908. The highest BCUT2D eigenvalue weighted by molar-refractivity contribution is 7.81. The van der Waals surface area contributed by atoms with Gasteiger partial charge < -0.3 is 5.32 Å². The van der Waals surface area contributed by atoms with E-state index in [0.29, 0.717) is 28.2 Å². The predicted molar refractivity (Wildman–Crippen MR) is 110 cm³/mol. The highest BCUT2D eigenvalue weighted by Gasteiger charge is 2.23. The van der Waals surface area contributed by atoms with Crippen LogP contribution in [0.4, 0.5) is 0 Å². The summed E-state index contributed by atoms with van der Waals surface area (Å²) in [6, 6.07) is 7.75. The number of carbonyl (C=O) groups excluding carboxylic acids is 1. The van der Waals surface area contributed by atoms with Gasteiger partial charge in [0.15, 0.2) is 11.0 Å². The number of thiol groups is 3. The number of hydrogen-bond donors (Lipinski definition) is 4. The van der Waals surface area contributed by atoms with Crippen molar-refractivity contribution >= 4 is 43.8 Å². The van der Waals surface area contributed by atoms with Crippen molar-refractivity contribution < 1.29 is 4.79 Å². The summed E-state index contributed by atoms with van der Waals surface area (Å²) in [5.74, 6) is 1.69. The maximum atomic E-state index is 11.3. The van der Waals surface area contributed by atoms with E-state index in [1.165, 1.54) is 0 Å². The lowest BCUT2D eigenvalue weighted by molar-refractivity contribution is -0.118. The van der Waals surface area contributed by atoms with Crippen molar-refractivity contribution in [1.29, 1.82) is 0 Å². The summed E-state index contributed by atoms with van der Waals surface area (Å²) in [6.45, 7) is 4.54. The largest absolute Gasteiger partial charge is 0.351 e. The lowest BCUT2D eigenvalue weighted by atomic mass is 10.2. The third-order valence-electron chi connectivity index (χ3n) is 3.83. The standard InChI is InChI=1S/C17H19N5OS3/c1-9(2)14-19-13-15(20-14)22(17(26)21-16(13)25)11-5-3-10(4-6-11)7-18-12(23)8-24/h3-6,9,24-25H,7-8H2,1-2H3,(H,18,23)(H,21,26). The van der Waals surface area contributed by atoms with Gasteiger partial charge in [0, 0.05) is 18.2 Å². The highest BCUT2D eigenvalue weighted by atomic mass is 32.1. The molecule has 0 atom stereocenters. The van der Waals surface area contributed by atoms with E-state index >= 15 is 0 Å². The predicted octanol–water partition coefficient (Wildman–Crippen LogP) is 3.01. The van der Waals surface area contributed by atoms with Crippen molar-refractivity contribution in [3.8, 4) is 17.2 Å². The lowest BCUT2D eigenvalue weighted by Crippen LogP contribution is -2.23. The van der Waals surface area contributed by atoms with Gasteiger partial charge in [-0.2, -0.15) is 12.6 Å². The average molecular weight is 406 g/mol. The summed E-state index contributed by atoms with van der Waals surface area (Å²) in [6.07, 6.45) is 0. The Hall–Kier alpha value is -1.71. The monoisotopic (exact) mass is 405 g/mol. The number of rotatable bonds is 5. The van der Waals surface area contributed by atoms with Crippen LogP contribution in [0.5, 0.6) is 0 Å². The second kappa shape index (κ2) is 7.89. The van der Waals surface area contributed by atoms with Crippen molar-refractivity contribution in [3.63, 3.8) is 0 Å². The Morgan fingerprint density at radius 3 is 2.46 bits per heavy atom. The summed E-state index contributed by atoms with van der Waals surface area (Å²) in [5.41, 5.74) is 2.50. The van der Waals surface area contributed by atoms with Crippen LogP contribution in [0.25, 0.3) is 17.2 Å². The molecular formula is C17H19N5OS3. The summed E-state index contributed by atoms with van der Waals surface area (Å²) in [4.78, 5) is 24.9. The number of carbonyl (C=O) groups is 1. The first-order chi connectivity index (χ1) is 12.4. The molecule has 6 nitrogen and oxygen atoms in total. The third-order valence-corrected chi connectivity index (χ3v) is 4.73. The molecule has 0 aromatic heterocycles. The van der Waals surface area contributed by atoms with Crippen LogP contribution in [0.3, 0.4) is 0 Å². The maximum Gasteiger partial charge on any atom is 0.229 e. The van der Waals surface area contributed by atoms with Gasteiger partial charge in [-0.15, -0.1) is 25.3 Å². The molecule has 2 aliphatic heterocycles. The zero-order valence-corrected chi connectivity index (χ0v) is 17.0. The Morgan fingerprint density at radius 1 is 1.15 bits per heavy atom. The van der Waals surface area contributed by atoms with E-state index in [9.17, 15) is 4.79 Å². The first-order valence-electron chi connectivity index (χ1n) is 8.06. The second-order valence-electron chi connectivity index (χ2n) is 6.08. The smallest absolute Gasteiger partial charge is 0.229 e. The minimum absolute atomic E-state index is 0.104. The molecular weight excluding hydrogens is 386 g/mol. The number of fused-ring (bicyclic) bond motifs is 1. The number of benzene rings is 1. The average Bonchev–Trinajstić information content (AvgIpc) is 3.06. The highest BCUT2D eigenvalue weighted by Crippen LogP contribution is 2.31. The normalized spacial score (nSPS) is 11.3. The SMILES string of the molecule is CC(C)c1nc2c(S)nc(S)n(-c3ccc(CNC(=O)CS)cc3)c-2n1. The van der Waals surface area contributed by atoms with Crippen LogP contribution < -0.4 is 5.32 Å². The Morgan fingerprint density at radius 2 is 1.85 bits per heavy atom.